The van der Waals surface area contributed by atoms with Gasteiger partial charge in [-0.1, -0.05) is 40.5 Å². The van der Waals surface area contributed by atoms with Crippen molar-refractivity contribution in [2.45, 2.75) is 65.5 Å². The number of aliphatic hydroxyl groups excluding tert-OH is 2. The summed E-state index contributed by atoms with van der Waals surface area (Å²) in [4.78, 5) is 25.6. The number of aliphatic hydroxyl groups is 2. The molecule has 4 N–H and O–H groups in total. The van der Waals surface area contributed by atoms with Crippen molar-refractivity contribution in [2.24, 2.45) is 17.3 Å². The lowest BCUT2D eigenvalue weighted by Crippen LogP contribution is -2.56. The molecule has 1 aliphatic carbocycles. The Morgan fingerprint density at radius 2 is 1.22 bits per heavy atom. The molecule has 1 fully saturated rings. The first kappa shape index (κ1) is 19.9. The standard InChI is InChI=1S/C17H32N2O4/c1-11(2)13(9-20)18-15(22)17(7-5-6-8-17)16(23)19-14(10-21)12(3)4/h11-14,20-21H,5-10H2,1-4H3,(H,18,22)(H,19,23)/t13-,14-/m0/s1. The van der Waals surface area contributed by atoms with Gasteiger partial charge in [0.1, 0.15) is 5.41 Å². The Labute approximate surface area is 139 Å². The van der Waals surface area contributed by atoms with Crippen LogP contribution >= 0.6 is 0 Å². The second kappa shape index (κ2) is 8.64. The molecule has 0 bridgehead atoms. The Balaban J connectivity index is 2.89. The Morgan fingerprint density at radius 1 is 0.870 bits per heavy atom. The average molecular weight is 328 g/mol. The van der Waals surface area contributed by atoms with Crippen molar-refractivity contribution in [3.05, 3.63) is 0 Å². The minimum atomic E-state index is -1.08. The molecule has 0 aliphatic heterocycles. The van der Waals surface area contributed by atoms with Crippen LogP contribution in [0.2, 0.25) is 0 Å². The van der Waals surface area contributed by atoms with Gasteiger partial charge >= 0.3 is 0 Å². The van der Waals surface area contributed by atoms with Crippen LogP contribution in [0.15, 0.2) is 0 Å². The number of hydrogen-bond acceptors (Lipinski definition) is 4. The summed E-state index contributed by atoms with van der Waals surface area (Å²) >= 11 is 0. The minimum absolute atomic E-state index is 0.0892. The second-order valence-corrected chi connectivity index (χ2v) is 7.30. The zero-order valence-corrected chi connectivity index (χ0v) is 14.8. The quantitative estimate of drug-likeness (QED) is 0.496. The molecule has 0 spiro atoms. The smallest absolute Gasteiger partial charge is 0.236 e. The molecule has 1 saturated carbocycles. The van der Waals surface area contributed by atoms with E-state index in [0.29, 0.717) is 12.8 Å². The maximum atomic E-state index is 12.8. The molecule has 6 heteroatoms. The molecular formula is C17H32N2O4. The van der Waals surface area contributed by atoms with E-state index in [4.69, 9.17) is 0 Å². The maximum absolute atomic E-state index is 12.8. The van der Waals surface area contributed by atoms with Crippen molar-refractivity contribution in [1.82, 2.24) is 10.6 Å². The Kier molecular flexibility index (Phi) is 7.48. The highest BCUT2D eigenvalue weighted by Gasteiger charge is 2.48. The van der Waals surface area contributed by atoms with E-state index in [-0.39, 0.29) is 48.9 Å². The molecule has 0 unspecified atom stereocenters. The third kappa shape index (κ3) is 4.67. The van der Waals surface area contributed by atoms with E-state index in [9.17, 15) is 19.8 Å². The van der Waals surface area contributed by atoms with E-state index >= 15 is 0 Å². The first-order valence-corrected chi connectivity index (χ1v) is 8.62. The summed E-state index contributed by atoms with van der Waals surface area (Å²) < 4.78 is 0. The number of hydrogen-bond donors (Lipinski definition) is 4. The number of rotatable bonds is 8. The molecule has 0 saturated heterocycles. The maximum Gasteiger partial charge on any atom is 0.236 e. The Morgan fingerprint density at radius 3 is 1.48 bits per heavy atom. The van der Waals surface area contributed by atoms with Gasteiger partial charge in [0.05, 0.1) is 25.3 Å². The van der Waals surface area contributed by atoms with Crippen LogP contribution in [-0.4, -0.2) is 47.3 Å². The largest absolute Gasteiger partial charge is 0.394 e. The number of carbonyl (C=O) groups is 2. The van der Waals surface area contributed by atoms with Gasteiger partial charge < -0.3 is 20.8 Å². The highest BCUT2D eigenvalue weighted by atomic mass is 16.3. The lowest BCUT2D eigenvalue weighted by Gasteiger charge is -2.32. The van der Waals surface area contributed by atoms with E-state index in [0.717, 1.165) is 12.8 Å². The summed E-state index contributed by atoms with van der Waals surface area (Å²) in [6, 6.07) is -0.710. The summed E-state index contributed by atoms with van der Waals surface area (Å²) in [5.41, 5.74) is -1.08. The Hall–Kier alpha value is -1.14. The highest BCUT2D eigenvalue weighted by molar-refractivity contribution is 6.05. The highest BCUT2D eigenvalue weighted by Crippen LogP contribution is 2.39. The van der Waals surface area contributed by atoms with E-state index in [1.54, 1.807) is 0 Å². The van der Waals surface area contributed by atoms with Crippen molar-refractivity contribution in [3.63, 3.8) is 0 Å². The van der Waals surface area contributed by atoms with Crippen LogP contribution in [0, 0.1) is 17.3 Å². The molecule has 0 radical (unpaired) electrons. The minimum Gasteiger partial charge on any atom is -0.394 e. The van der Waals surface area contributed by atoms with Gasteiger partial charge in [-0.25, -0.2) is 0 Å². The van der Waals surface area contributed by atoms with Crippen LogP contribution in [-0.2, 0) is 9.59 Å². The predicted molar refractivity (Wildman–Crippen MR) is 88.6 cm³/mol. The molecule has 1 aliphatic rings. The van der Waals surface area contributed by atoms with E-state index in [1.165, 1.54) is 0 Å². The fraction of sp³-hybridized carbons (Fsp3) is 0.882. The van der Waals surface area contributed by atoms with Gasteiger partial charge in [0.15, 0.2) is 0 Å². The monoisotopic (exact) mass is 328 g/mol. The third-order valence-corrected chi connectivity index (χ3v) is 4.96. The number of nitrogens with one attached hydrogen (secondary N) is 2. The molecule has 134 valence electrons. The van der Waals surface area contributed by atoms with E-state index < -0.39 is 5.41 Å². The first-order valence-electron chi connectivity index (χ1n) is 8.62. The van der Waals surface area contributed by atoms with Crippen molar-refractivity contribution >= 4 is 11.8 Å². The second-order valence-electron chi connectivity index (χ2n) is 7.30. The fourth-order valence-corrected chi connectivity index (χ4v) is 3.00. The fourth-order valence-electron chi connectivity index (χ4n) is 3.00. The number of carbonyl (C=O) groups excluding carboxylic acids is 2. The molecule has 0 aromatic carbocycles. The lowest BCUT2D eigenvalue weighted by atomic mass is 9.82. The van der Waals surface area contributed by atoms with E-state index in [1.807, 2.05) is 27.7 Å². The van der Waals surface area contributed by atoms with Crippen LogP contribution < -0.4 is 10.6 Å². The SMILES string of the molecule is CC(C)[C@H](CO)NC(=O)C1(C(=O)N[C@@H](CO)C(C)C)CCCC1. The molecule has 2 amide bonds. The summed E-state index contributed by atoms with van der Waals surface area (Å²) in [6.45, 7) is 7.39. The van der Waals surface area contributed by atoms with Crippen LogP contribution in [0.5, 0.6) is 0 Å². The van der Waals surface area contributed by atoms with Crippen LogP contribution in [0.3, 0.4) is 0 Å². The van der Waals surface area contributed by atoms with Crippen LogP contribution in [0.25, 0.3) is 0 Å². The topological polar surface area (TPSA) is 98.7 Å². The van der Waals surface area contributed by atoms with Gasteiger partial charge in [0, 0.05) is 0 Å². The summed E-state index contributed by atoms with van der Waals surface area (Å²) in [7, 11) is 0. The zero-order valence-electron chi connectivity index (χ0n) is 14.8. The molecular weight excluding hydrogens is 296 g/mol. The normalized spacial score (nSPS) is 19.7. The summed E-state index contributed by atoms with van der Waals surface area (Å²) in [6.07, 6.45) is 2.68. The van der Waals surface area contributed by atoms with Gasteiger partial charge in [0.2, 0.25) is 11.8 Å². The van der Waals surface area contributed by atoms with Gasteiger partial charge in [-0.2, -0.15) is 0 Å². The predicted octanol–water partition coefficient (Wildman–Crippen LogP) is 0.813. The van der Waals surface area contributed by atoms with Gasteiger partial charge in [-0.05, 0) is 24.7 Å². The molecule has 0 heterocycles. The average Bonchev–Trinajstić information content (AvgIpc) is 2.99. The van der Waals surface area contributed by atoms with Crippen molar-refractivity contribution in [3.8, 4) is 0 Å². The van der Waals surface area contributed by atoms with Gasteiger partial charge in [-0.3, -0.25) is 9.59 Å². The molecule has 2 atom stereocenters. The van der Waals surface area contributed by atoms with Crippen LogP contribution in [0.4, 0.5) is 0 Å². The van der Waals surface area contributed by atoms with E-state index in [2.05, 4.69) is 10.6 Å². The molecule has 1 rings (SSSR count). The summed E-state index contributed by atoms with van der Waals surface area (Å²) in [5.74, 6) is -0.431. The molecule has 0 aromatic rings. The van der Waals surface area contributed by atoms with Crippen molar-refractivity contribution in [1.29, 1.82) is 0 Å². The van der Waals surface area contributed by atoms with Crippen LogP contribution in [0.1, 0.15) is 53.4 Å². The molecule has 0 aromatic heterocycles. The van der Waals surface area contributed by atoms with Gasteiger partial charge in [-0.15, -0.1) is 0 Å². The van der Waals surface area contributed by atoms with Crippen molar-refractivity contribution in [2.75, 3.05) is 13.2 Å². The molecule has 23 heavy (non-hydrogen) atoms. The summed E-state index contributed by atoms with van der Waals surface area (Å²) in [5, 5.41) is 24.5. The molecule has 6 nitrogen and oxygen atoms in total. The Bertz CT molecular complexity index is 371. The zero-order chi connectivity index (χ0) is 17.6. The van der Waals surface area contributed by atoms with Crippen molar-refractivity contribution < 1.29 is 19.8 Å². The third-order valence-electron chi connectivity index (χ3n) is 4.96. The number of amides is 2. The lowest BCUT2D eigenvalue weighted by molar-refractivity contribution is -0.145. The first-order chi connectivity index (χ1) is 10.8. The van der Waals surface area contributed by atoms with Gasteiger partial charge in [0.25, 0.3) is 0 Å².